The molecule has 1 unspecified atom stereocenters. The Kier molecular flexibility index (Phi) is 3.86. The molecule has 3 nitrogen and oxygen atoms in total. The number of hydrogen-bond donors (Lipinski definition) is 3. The third-order valence-electron chi connectivity index (χ3n) is 2.30. The lowest BCUT2D eigenvalue weighted by Gasteiger charge is -2.32. The van der Waals surface area contributed by atoms with Crippen LogP contribution in [0.15, 0.2) is 0 Å². The van der Waals surface area contributed by atoms with Crippen molar-refractivity contribution in [3.63, 3.8) is 0 Å². The van der Waals surface area contributed by atoms with Gasteiger partial charge in [0.05, 0.1) is 13.2 Å². The van der Waals surface area contributed by atoms with Crippen LogP contribution in [0.5, 0.6) is 0 Å². The van der Waals surface area contributed by atoms with E-state index < -0.39 is 5.41 Å². The number of aliphatic hydroxyl groups excluding tert-OH is 2. The summed E-state index contributed by atoms with van der Waals surface area (Å²) in [5.74, 6) is 0. The summed E-state index contributed by atoms with van der Waals surface area (Å²) in [6, 6.07) is -0.160. The molecule has 0 radical (unpaired) electrons. The van der Waals surface area contributed by atoms with Gasteiger partial charge in [0.1, 0.15) is 0 Å². The number of aliphatic hydroxyl groups is 2. The number of nitrogens with two attached hydrogens (primary N) is 1. The first-order valence-electron chi connectivity index (χ1n) is 3.60. The van der Waals surface area contributed by atoms with Crippen LogP contribution in [0.1, 0.15) is 20.3 Å². The zero-order chi connectivity index (χ0) is 8.20. The number of hydrogen-bond acceptors (Lipinski definition) is 3. The van der Waals surface area contributed by atoms with E-state index in [9.17, 15) is 0 Å². The van der Waals surface area contributed by atoms with Crippen LogP contribution >= 0.6 is 0 Å². The normalized spacial score (nSPS) is 15.3. The Hall–Kier alpha value is -0.120. The standard InChI is InChI=1S/C7H17NO2/c1-3-7(4-9,5-10)6(2)8/h6,9-10H,3-5,8H2,1-2H3. The summed E-state index contributed by atoms with van der Waals surface area (Å²) in [6.07, 6.45) is 0.706. The molecule has 0 aliphatic rings. The summed E-state index contributed by atoms with van der Waals surface area (Å²) in [5.41, 5.74) is 5.10. The second-order valence-corrected chi connectivity index (χ2v) is 2.82. The van der Waals surface area contributed by atoms with Crippen LogP contribution < -0.4 is 5.73 Å². The molecule has 4 N–H and O–H groups in total. The van der Waals surface area contributed by atoms with Gasteiger partial charge in [-0.05, 0) is 13.3 Å². The Balaban J connectivity index is 4.15. The maximum absolute atomic E-state index is 8.91. The van der Waals surface area contributed by atoms with Gasteiger partial charge >= 0.3 is 0 Å². The van der Waals surface area contributed by atoms with Gasteiger partial charge < -0.3 is 15.9 Å². The molecule has 0 aromatic heterocycles. The predicted octanol–water partition coefficient (Wildman–Crippen LogP) is -0.285. The lowest BCUT2D eigenvalue weighted by atomic mass is 9.81. The molecule has 3 heteroatoms. The molecule has 1 atom stereocenters. The minimum absolute atomic E-state index is 0.0440. The van der Waals surface area contributed by atoms with E-state index in [1.165, 1.54) is 0 Å². The van der Waals surface area contributed by atoms with Crippen molar-refractivity contribution in [1.29, 1.82) is 0 Å². The van der Waals surface area contributed by atoms with Crippen LogP contribution in [0.25, 0.3) is 0 Å². The minimum atomic E-state index is -0.486. The predicted molar refractivity (Wildman–Crippen MR) is 40.5 cm³/mol. The molecule has 62 valence electrons. The van der Waals surface area contributed by atoms with Crippen molar-refractivity contribution in [2.45, 2.75) is 26.3 Å². The van der Waals surface area contributed by atoms with Crippen molar-refractivity contribution in [3.8, 4) is 0 Å². The van der Waals surface area contributed by atoms with Crippen molar-refractivity contribution in [1.82, 2.24) is 0 Å². The highest BCUT2D eigenvalue weighted by molar-refractivity contribution is 4.84. The zero-order valence-electron chi connectivity index (χ0n) is 6.67. The molecule has 0 rings (SSSR count). The van der Waals surface area contributed by atoms with E-state index in [4.69, 9.17) is 15.9 Å². The van der Waals surface area contributed by atoms with Gasteiger partial charge in [0.25, 0.3) is 0 Å². The molecule has 0 fully saturated rings. The Morgan fingerprint density at radius 2 is 1.80 bits per heavy atom. The van der Waals surface area contributed by atoms with Crippen molar-refractivity contribution < 1.29 is 10.2 Å². The van der Waals surface area contributed by atoms with Crippen molar-refractivity contribution >= 4 is 0 Å². The molecule has 0 bridgehead atoms. The molecule has 10 heavy (non-hydrogen) atoms. The maximum atomic E-state index is 8.91. The van der Waals surface area contributed by atoms with Gasteiger partial charge in [-0.15, -0.1) is 0 Å². The van der Waals surface area contributed by atoms with Crippen LogP contribution in [0.2, 0.25) is 0 Å². The lowest BCUT2D eigenvalue weighted by Crippen LogP contribution is -2.44. The Morgan fingerprint density at radius 1 is 1.40 bits per heavy atom. The average Bonchev–Trinajstić information content (AvgIpc) is 1.92. The first-order chi connectivity index (χ1) is 4.63. The summed E-state index contributed by atoms with van der Waals surface area (Å²) < 4.78 is 0. The van der Waals surface area contributed by atoms with Crippen LogP contribution in [0.3, 0.4) is 0 Å². The minimum Gasteiger partial charge on any atom is -0.396 e. The molecular weight excluding hydrogens is 130 g/mol. The average molecular weight is 147 g/mol. The topological polar surface area (TPSA) is 66.5 Å². The molecule has 0 aromatic carbocycles. The lowest BCUT2D eigenvalue weighted by molar-refractivity contribution is 0.0340. The molecular formula is C7H17NO2. The fourth-order valence-electron chi connectivity index (χ4n) is 0.884. The van der Waals surface area contributed by atoms with Crippen LogP contribution in [-0.4, -0.2) is 29.5 Å². The van der Waals surface area contributed by atoms with E-state index in [0.717, 1.165) is 0 Å². The van der Waals surface area contributed by atoms with Crippen LogP contribution in [0, 0.1) is 5.41 Å². The Bertz CT molecular complexity index is 81.3. The summed E-state index contributed by atoms with van der Waals surface area (Å²) in [7, 11) is 0. The second-order valence-electron chi connectivity index (χ2n) is 2.82. The second kappa shape index (κ2) is 3.91. The van der Waals surface area contributed by atoms with Crippen molar-refractivity contribution in [3.05, 3.63) is 0 Å². The largest absolute Gasteiger partial charge is 0.396 e. The monoisotopic (exact) mass is 147 g/mol. The zero-order valence-corrected chi connectivity index (χ0v) is 6.67. The van der Waals surface area contributed by atoms with Gasteiger partial charge in [-0.25, -0.2) is 0 Å². The summed E-state index contributed by atoms with van der Waals surface area (Å²) in [4.78, 5) is 0. The van der Waals surface area contributed by atoms with E-state index >= 15 is 0 Å². The summed E-state index contributed by atoms with van der Waals surface area (Å²) in [5, 5.41) is 17.8. The van der Waals surface area contributed by atoms with Gasteiger partial charge in [-0.3, -0.25) is 0 Å². The fourth-order valence-corrected chi connectivity index (χ4v) is 0.884. The third kappa shape index (κ3) is 1.68. The summed E-state index contributed by atoms with van der Waals surface area (Å²) in [6.45, 7) is 3.63. The quantitative estimate of drug-likeness (QED) is 0.512. The highest BCUT2D eigenvalue weighted by atomic mass is 16.3. The molecule has 0 aliphatic heterocycles. The van der Waals surface area contributed by atoms with E-state index in [1.54, 1.807) is 6.92 Å². The molecule has 0 amide bonds. The molecule has 0 aliphatic carbocycles. The van der Waals surface area contributed by atoms with E-state index in [-0.39, 0.29) is 19.3 Å². The van der Waals surface area contributed by atoms with E-state index in [1.807, 2.05) is 6.92 Å². The smallest absolute Gasteiger partial charge is 0.0524 e. The molecule has 0 heterocycles. The number of rotatable bonds is 4. The molecule has 0 spiro atoms. The highest BCUT2D eigenvalue weighted by Gasteiger charge is 2.30. The molecule has 0 saturated heterocycles. The molecule has 0 saturated carbocycles. The fraction of sp³-hybridized carbons (Fsp3) is 1.00. The van der Waals surface area contributed by atoms with Crippen molar-refractivity contribution in [2.24, 2.45) is 11.1 Å². The Morgan fingerprint density at radius 3 is 1.80 bits per heavy atom. The van der Waals surface area contributed by atoms with Gasteiger partial charge in [0.2, 0.25) is 0 Å². The SMILES string of the molecule is CCC(CO)(CO)C(C)N. The van der Waals surface area contributed by atoms with E-state index in [0.29, 0.717) is 6.42 Å². The first kappa shape index (κ1) is 9.88. The van der Waals surface area contributed by atoms with Crippen LogP contribution in [-0.2, 0) is 0 Å². The maximum Gasteiger partial charge on any atom is 0.0524 e. The highest BCUT2D eigenvalue weighted by Crippen LogP contribution is 2.23. The van der Waals surface area contributed by atoms with Gasteiger partial charge in [0, 0.05) is 11.5 Å². The van der Waals surface area contributed by atoms with Crippen LogP contribution in [0.4, 0.5) is 0 Å². The third-order valence-corrected chi connectivity index (χ3v) is 2.30. The van der Waals surface area contributed by atoms with Gasteiger partial charge in [-0.2, -0.15) is 0 Å². The van der Waals surface area contributed by atoms with Gasteiger partial charge in [0.15, 0.2) is 0 Å². The van der Waals surface area contributed by atoms with E-state index in [2.05, 4.69) is 0 Å². The van der Waals surface area contributed by atoms with Crippen molar-refractivity contribution in [2.75, 3.05) is 13.2 Å². The molecule has 0 aromatic rings. The van der Waals surface area contributed by atoms with Gasteiger partial charge in [-0.1, -0.05) is 6.92 Å². The summed E-state index contributed by atoms with van der Waals surface area (Å²) >= 11 is 0. The first-order valence-corrected chi connectivity index (χ1v) is 3.60. The Labute approximate surface area is 61.9 Å².